The van der Waals surface area contributed by atoms with Crippen molar-refractivity contribution in [2.24, 2.45) is 7.05 Å². The molecule has 6 nitrogen and oxygen atoms in total. The number of thiazole rings is 1. The van der Waals surface area contributed by atoms with Crippen molar-refractivity contribution in [1.29, 1.82) is 0 Å². The summed E-state index contributed by atoms with van der Waals surface area (Å²) >= 11 is 1.60. The third-order valence-corrected chi connectivity index (χ3v) is 2.80. The smallest absolute Gasteiger partial charge is 0.176 e. The van der Waals surface area contributed by atoms with Crippen LogP contribution in [-0.2, 0) is 13.5 Å². The first kappa shape index (κ1) is 11.2. The van der Waals surface area contributed by atoms with Crippen molar-refractivity contribution in [1.82, 2.24) is 30.5 Å². The molecule has 0 radical (unpaired) electrons. The number of likely N-dealkylation sites (N-methyl/N-ethyl adjacent to an activating group) is 1. The first-order valence-corrected chi connectivity index (χ1v) is 6.08. The molecule has 0 aliphatic rings. The van der Waals surface area contributed by atoms with E-state index in [1.165, 1.54) is 4.80 Å². The van der Waals surface area contributed by atoms with Crippen LogP contribution in [0.1, 0.15) is 24.5 Å². The molecule has 0 saturated heterocycles. The third kappa shape index (κ3) is 2.61. The first-order valence-electron chi connectivity index (χ1n) is 5.14. The van der Waals surface area contributed by atoms with E-state index in [9.17, 15) is 0 Å². The summed E-state index contributed by atoms with van der Waals surface area (Å²) in [5.74, 6) is 0.737. The molecule has 86 valence electrons. The summed E-state index contributed by atoms with van der Waals surface area (Å²) < 4.78 is 0. The Kier molecular flexibility index (Phi) is 3.58. The highest BCUT2D eigenvalue weighted by molar-refractivity contribution is 7.07. The monoisotopic (exact) mass is 238 g/mol. The van der Waals surface area contributed by atoms with E-state index >= 15 is 0 Å². The van der Waals surface area contributed by atoms with Crippen LogP contribution in [0, 0.1) is 0 Å². The molecule has 2 heterocycles. The predicted molar refractivity (Wildman–Crippen MR) is 61.0 cm³/mol. The van der Waals surface area contributed by atoms with Gasteiger partial charge in [0.05, 0.1) is 24.3 Å². The number of aromatic nitrogens is 5. The number of hydrogen-bond donors (Lipinski definition) is 1. The molecule has 0 bridgehead atoms. The summed E-state index contributed by atoms with van der Waals surface area (Å²) in [5, 5.41) is 17.4. The van der Waals surface area contributed by atoms with E-state index in [-0.39, 0.29) is 6.04 Å². The highest BCUT2D eigenvalue weighted by Gasteiger charge is 2.15. The van der Waals surface area contributed by atoms with Crippen molar-refractivity contribution in [2.45, 2.75) is 19.4 Å². The van der Waals surface area contributed by atoms with Crippen molar-refractivity contribution in [2.75, 3.05) is 6.54 Å². The van der Waals surface area contributed by atoms with Crippen molar-refractivity contribution in [3.8, 4) is 0 Å². The fourth-order valence-electron chi connectivity index (χ4n) is 1.51. The predicted octanol–water partition coefficient (Wildman–Crippen LogP) is 0.560. The van der Waals surface area contributed by atoms with Crippen LogP contribution < -0.4 is 5.32 Å². The van der Waals surface area contributed by atoms with E-state index in [1.54, 1.807) is 18.4 Å². The Labute approximate surface area is 97.7 Å². The zero-order chi connectivity index (χ0) is 11.4. The Morgan fingerprint density at radius 1 is 1.56 bits per heavy atom. The van der Waals surface area contributed by atoms with E-state index in [0.717, 1.165) is 18.1 Å². The molecule has 0 spiro atoms. The zero-order valence-electron chi connectivity index (χ0n) is 9.29. The molecular formula is C9H14N6S. The molecule has 16 heavy (non-hydrogen) atoms. The molecular weight excluding hydrogens is 224 g/mol. The second kappa shape index (κ2) is 5.13. The SMILES string of the molecule is CCNC(Cc1nnn(C)n1)c1cscn1. The summed E-state index contributed by atoms with van der Waals surface area (Å²) in [5.41, 5.74) is 2.88. The minimum absolute atomic E-state index is 0.167. The highest BCUT2D eigenvalue weighted by atomic mass is 32.1. The summed E-state index contributed by atoms with van der Waals surface area (Å²) in [4.78, 5) is 5.78. The summed E-state index contributed by atoms with van der Waals surface area (Å²) in [7, 11) is 1.77. The Hall–Kier alpha value is -1.34. The minimum atomic E-state index is 0.167. The Morgan fingerprint density at radius 2 is 2.44 bits per heavy atom. The van der Waals surface area contributed by atoms with Crippen molar-refractivity contribution in [3.63, 3.8) is 0 Å². The lowest BCUT2D eigenvalue weighted by Gasteiger charge is -2.13. The number of tetrazole rings is 1. The van der Waals surface area contributed by atoms with Gasteiger partial charge in [-0.05, 0) is 11.8 Å². The van der Waals surface area contributed by atoms with Crippen LogP contribution in [0.3, 0.4) is 0 Å². The summed E-state index contributed by atoms with van der Waals surface area (Å²) in [6, 6.07) is 0.167. The van der Waals surface area contributed by atoms with Crippen LogP contribution in [0.5, 0.6) is 0 Å². The molecule has 0 aromatic carbocycles. The summed E-state index contributed by atoms with van der Waals surface area (Å²) in [6.07, 6.45) is 0.714. The van der Waals surface area contributed by atoms with Crippen LogP contribution in [0.2, 0.25) is 0 Å². The number of aryl methyl sites for hydroxylation is 1. The molecule has 0 amide bonds. The van der Waals surface area contributed by atoms with Gasteiger partial charge in [-0.2, -0.15) is 4.80 Å². The van der Waals surface area contributed by atoms with Crippen LogP contribution >= 0.6 is 11.3 Å². The molecule has 1 unspecified atom stereocenters. The number of nitrogens with one attached hydrogen (secondary N) is 1. The molecule has 0 aliphatic heterocycles. The zero-order valence-corrected chi connectivity index (χ0v) is 10.1. The Balaban J connectivity index is 2.09. The van der Waals surface area contributed by atoms with E-state index < -0.39 is 0 Å². The van der Waals surface area contributed by atoms with Gasteiger partial charge in [0.25, 0.3) is 0 Å². The molecule has 2 aromatic heterocycles. The fraction of sp³-hybridized carbons (Fsp3) is 0.556. The average Bonchev–Trinajstić information content (AvgIpc) is 2.88. The van der Waals surface area contributed by atoms with E-state index in [2.05, 4.69) is 32.6 Å². The third-order valence-electron chi connectivity index (χ3n) is 2.20. The fourth-order valence-corrected chi connectivity index (χ4v) is 2.12. The van der Waals surface area contributed by atoms with E-state index in [1.807, 2.05) is 10.9 Å². The molecule has 0 saturated carbocycles. The standard InChI is InChI=1S/C9H14N6S/c1-3-10-7(8-5-16-6-11-8)4-9-12-14-15(2)13-9/h5-7,10H,3-4H2,1-2H3. The molecule has 2 rings (SSSR count). The molecule has 0 aliphatic carbocycles. The summed E-state index contributed by atoms with van der Waals surface area (Å²) in [6.45, 7) is 2.96. The maximum absolute atomic E-state index is 4.31. The Bertz CT molecular complexity index is 423. The lowest BCUT2D eigenvalue weighted by molar-refractivity contribution is 0.525. The topological polar surface area (TPSA) is 68.5 Å². The van der Waals surface area contributed by atoms with Gasteiger partial charge in [-0.15, -0.1) is 21.5 Å². The minimum Gasteiger partial charge on any atom is -0.309 e. The van der Waals surface area contributed by atoms with Gasteiger partial charge >= 0.3 is 0 Å². The van der Waals surface area contributed by atoms with Crippen molar-refractivity contribution in [3.05, 3.63) is 22.4 Å². The number of rotatable bonds is 5. The Morgan fingerprint density at radius 3 is 3.00 bits per heavy atom. The quantitative estimate of drug-likeness (QED) is 0.824. The molecule has 1 atom stereocenters. The van der Waals surface area contributed by atoms with Gasteiger partial charge in [0.2, 0.25) is 0 Å². The van der Waals surface area contributed by atoms with Crippen molar-refractivity contribution < 1.29 is 0 Å². The molecule has 2 aromatic rings. The van der Waals surface area contributed by atoms with E-state index in [0.29, 0.717) is 6.42 Å². The number of nitrogens with zero attached hydrogens (tertiary/aromatic N) is 5. The maximum Gasteiger partial charge on any atom is 0.176 e. The van der Waals surface area contributed by atoms with Gasteiger partial charge in [-0.1, -0.05) is 6.92 Å². The van der Waals surface area contributed by atoms with Gasteiger partial charge in [-0.3, -0.25) is 0 Å². The van der Waals surface area contributed by atoms with Gasteiger partial charge in [-0.25, -0.2) is 4.98 Å². The second-order valence-corrected chi connectivity index (χ2v) is 4.14. The first-order chi connectivity index (χ1) is 7.79. The van der Waals surface area contributed by atoms with Crippen LogP contribution in [0.25, 0.3) is 0 Å². The molecule has 0 fully saturated rings. The lowest BCUT2D eigenvalue weighted by atomic mass is 10.1. The van der Waals surface area contributed by atoms with Gasteiger partial charge in [0.15, 0.2) is 5.82 Å². The normalized spacial score (nSPS) is 12.9. The number of hydrogen-bond acceptors (Lipinski definition) is 6. The second-order valence-electron chi connectivity index (χ2n) is 3.42. The van der Waals surface area contributed by atoms with Crippen LogP contribution in [0.15, 0.2) is 10.9 Å². The molecule has 1 N–H and O–H groups in total. The van der Waals surface area contributed by atoms with Crippen LogP contribution in [0.4, 0.5) is 0 Å². The highest BCUT2D eigenvalue weighted by Crippen LogP contribution is 2.16. The van der Waals surface area contributed by atoms with Gasteiger partial charge in [0, 0.05) is 11.8 Å². The lowest BCUT2D eigenvalue weighted by Crippen LogP contribution is -2.23. The van der Waals surface area contributed by atoms with Crippen molar-refractivity contribution >= 4 is 11.3 Å². The largest absolute Gasteiger partial charge is 0.309 e. The van der Waals surface area contributed by atoms with E-state index in [4.69, 9.17) is 0 Å². The molecule has 7 heteroatoms. The van der Waals surface area contributed by atoms with Crippen LogP contribution in [-0.4, -0.2) is 31.7 Å². The maximum atomic E-state index is 4.31. The van der Waals surface area contributed by atoms with Gasteiger partial charge < -0.3 is 5.32 Å². The average molecular weight is 238 g/mol. The van der Waals surface area contributed by atoms with Gasteiger partial charge in [0.1, 0.15) is 0 Å².